The monoisotopic (exact) mass is 363 g/mol. The summed E-state index contributed by atoms with van der Waals surface area (Å²) in [6, 6.07) is 13.6. The number of fused-ring (bicyclic) bond motifs is 1. The van der Waals surface area contributed by atoms with Gasteiger partial charge in [-0.05, 0) is 64.5 Å². The fourth-order valence-electron chi connectivity index (χ4n) is 2.84. The van der Waals surface area contributed by atoms with Gasteiger partial charge in [0.15, 0.2) is 0 Å². The van der Waals surface area contributed by atoms with Crippen LogP contribution in [0.4, 0.5) is 5.69 Å². The molecule has 1 amide bonds. The Hall–Kier alpha value is -1.32. The Balaban J connectivity index is 1.85. The molecule has 2 nitrogen and oxygen atoms in total. The lowest BCUT2D eigenvalue weighted by molar-refractivity contribution is -0.117. The normalized spacial score (nSPS) is 17.1. The molecule has 2 aromatic carbocycles. The van der Waals surface area contributed by atoms with Crippen LogP contribution in [0.15, 0.2) is 46.9 Å². The van der Waals surface area contributed by atoms with Crippen LogP contribution >= 0.6 is 27.5 Å². The summed E-state index contributed by atoms with van der Waals surface area (Å²) >= 11 is 9.44. The molecular weight excluding hydrogens is 350 g/mol. The molecule has 0 heterocycles. The molecule has 0 spiro atoms. The third-order valence-corrected chi connectivity index (χ3v) is 4.80. The van der Waals surface area contributed by atoms with Crippen molar-refractivity contribution in [2.75, 3.05) is 5.32 Å². The van der Waals surface area contributed by atoms with Gasteiger partial charge in [0, 0.05) is 9.50 Å². The molecule has 0 aliphatic heterocycles. The van der Waals surface area contributed by atoms with Crippen molar-refractivity contribution in [3.63, 3.8) is 0 Å². The molecule has 0 saturated carbocycles. The molecule has 0 radical (unpaired) electrons. The fraction of sp³-hybridized carbons (Fsp3) is 0.235. The van der Waals surface area contributed by atoms with Gasteiger partial charge in [-0.15, -0.1) is 0 Å². The lowest BCUT2D eigenvalue weighted by atomic mass is 9.82. The van der Waals surface area contributed by atoms with Crippen molar-refractivity contribution in [3.05, 3.63) is 63.1 Å². The van der Waals surface area contributed by atoms with Crippen LogP contribution in [0.3, 0.4) is 0 Å². The van der Waals surface area contributed by atoms with Crippen molar-refractivity contribution in [3.8, 4) is 0 Å². The summed E-state index contributed by atoms with van der Waals surface area (Å²) in [7, 11) is 0. The van der Waals surface area contributed by atoms with E-state index in [-0.39, 0.29) is 11.8 Å². The molecule has 1 N–H and O–H groups in total. The summed E-state index contributed by atoms with van der Waals surface area (Å²) in [6.07, 6.45) is 2.99. The number of carbonyl (C=O) groups is 1. The summed E-state index contributed by atoms with van der Waals surface area (Å²) in [5.41, 5.74) is 3.16. The molecule has 21 heavy (non-hydrogen) atoms. The minimum Gasteiger partial charge on any atom is -0.324 e. The van der Waals surface area contributed by atoms with Crippen LogP contribution in [-0.4, -0.2) is 5.91 Å². The number of aryl methyl sites for hydroxylation is 1. The Kier molecular flexibility index (Phi) is 4.32. The molecule has 2 aromatic rings. The van der Waals surface area contributed by atoms with Crippen molar-refractivity contribution in [1.29, 1.82) is 0 Å². The lowest BCUT2D eigenvalue weighted by Crippen LogP contribution is -2.24. The number of rotatable bonds is 2. The largest absolute Gasteiger partial charge is 0.324 e. The number of anilines is 1. The van der Waals surface area contributed by atoms with E-state index in [1.807, 2.05) is 18.2 Å². The average molecular weight is 365 g/mol. The molecule has 1 aliphatic rings. The maximum Gasteiger partial charge on any atom is 0.231 e. The van der Waals surface area contributed by atoms with Crippen LogP contribution in [0.1, 0.15) is 29.9 Å². The van der Waals surface area contributed by atoms with E-state index in [0.29, 0.717) is 5.02 Å². The number of carbonyl (C=O) groups excluding carboxylic acids is 1. The van der Waals surface area contributed by atoms with Crippen molar-refractivity contribution in [2.45, 2.75) is 25.2 Å². The number of hydrogen-bond acceptors (Lipinski definition) is 1. The predicted molar refractivity (Wildman–Crippen MR) is 89.9 cm³/mol. The Morgan fingerprint density at radius 1 is 1.24 bits per heavy atom. The van der Waals surface area contributed by atoms with E-state index >= 15 is 0 Å². The van der Waals surface area contributed by atoms with Crippen LogP contribution in [-0.2, 0) is 11.2 Å². The highest BCUT2D eigenvalue weighted by molar-refractivity contribution is 9.10. The second-order valence-electron chi connectivity index (χ2n) is 5.26. The van der Waals surface area contributed by atoms with Crippen LogP contribution < -0.4 is 5.32 Å². The first-order valence-electron chi connectivity index (χ1n) is 6.99. The Morgan fingerprint density at radius 2 is 2.05 bits per heavy atom. The molecule has 0 saturated heterocycles. The van der Waals surface area contributed by atoms with Crippen LogP contribution in [0.2, 0.25) is 5.02 Å². The fourth-order valence-corrected chi connectivity index (χ4v) is 3.36. The Labute approximate surface area is 137 Å². The van der Waals surface area contributed by atoms with Gasteiger partial charge in [0.1, 0.15) is 0 Å². The highest BCUT2D eigenvalue weighted by atomic mass is 79.9. The summed E-state index contributed by atoms with van der Waals surface area (Å²) in [6.45, 7) is 0. The third kappa shape index (κ3) is 3.14. The smallest absolute Gasteiger partial charge is 0.231 e. The maximum absolute atomic E-state index is 12.6. The maximum atomic E-state index is 12.6. The quantitative estimate of drug-likeness (QED) is 0.783. The molecule has 0 aromatic heterocycles. The lowest BCUT2D eigenvalue weighted by Gasteiger charge is -2.24. The summed E-state index contributed by atoms with van der Waals surface area (Å²) in [5, 5.41) is 3.60. The number of benzene rings is 2. The molecule has 3 rings (SSSR count). The van der Waals surface area contributed by atoms with Crippen molar-refractivity contribution < 1.29 is 4.79 Å². The van der Waals surface area contributed by atoms with Gasteiger partial charge in [0.05, 0.1) is 11.6 Å². The Bertz CT molecular complexity index is 686. The first-order valence-corrected chi connectivity index (χ1v) is 8.16. The summed E-state index contributed by atoms with van der Waals surface area (Å²) in [5.74, 6) is -0.0500. The number of halogens is 2. The van der Waals surface area contributed by atoms with E-state index in [9.17, 15) is 4.79 Å². The van der Waals surface area contributed by atoms with Crippen molar-refractivity contribution in [2.24, 2.45) is 0 Å². The zero-order valence-electron chi connectivity index (χ0n) is 11.4. The number of nitrogens with one attached hydrogen (secondary N) is 1. The molecule has 1 unspecified atom stereocenters. The van der Waals surface area contributed by atoms with E-state index in [4.69, 9.17) is 11.6 Å². The van der Waals surface area contributed by atoms with E-state index in [0.717, 1.165) is 35.0 Å². The molecular formula is C17H15BrClNO. The van der Waals surface area contributed by atoms with Crippen molar-refractivity contribution in [1.82, 2.24) is 0 Å². The standard InChI is InChI=1S/C17H15BrClNO/c18-15-9-8-12(19)10-16(15)20-17(21)14-7-3-5-11-4-1-2-6-13(11)14/h1-2,4,6,8-10,14H,3,5,7H2,(H,20,21). The van der Waals surface area contributed by atoms with Gasteiger partial charge < -0.3 is 5.32 Å². The third-order valence-electron chi connectivity index (χ3n) is 3.87. The van der Waals surface area contributed by atoms with Crippen LogP contribution in [0.5, 0.6) is 0 Å². The van der Waals surface area contributed by atoms with Crippen molar-refractivity contribution >= 4 is 39.1 Å². The highest BCUT2D eigenvalue weighted by Gasteiger charge is 2.26. The molecule has 4 heteroatoms. The zero-order valence-corrected chi connectivity index (χ0v) is 13.7. The van der Waals surface area contributed by atoms with Gasteiger partial charge in [0.2, 0.25) is 5.91 Å². The average Bonchev–Trinajstić information content (AvgIpc) is 2.50. The minimum atomic E-state index is -0.0826. The first kappa shape index (κ1) is 14.6. The SMILES string of the molecule is O=C(Nc1cc(Cl)ccc1Br)C1CCCc2ccccc21. The predicted octanol–water partition coefficient (Wildman–Crippen LogP) is 5.16. The first-order chi connectivity index (χ1) is 10.1. The number of amides is 1. The van der Waals surface area contributed by atoms with Gasteiger partial charge in [-0.2, -0.15) is 0 Å². The van der Waals surface area contributed by atoms with E-state index in [1.165, 1.54) is 5.56 Å². The highest BCUT2D eigenvalue weighted by Crippen LogP contribution is 2.33. The Morgan fingerprint density at radius 3 is 2.90 bits per heavy atom. The van der Waals surface area contributed by atoms with Gasteiger partial charge in [0.25, 0.3) is 0 Å². The second kappa shape index (κ2) is 6.20. The molecule has 1 aliphatic carbocycles. The van der Waals surface area contributed by atoms with Gasteiger partial charge in [-0.25, -0.2) is 0 Å². The number of hydrogen-bond donors (Lipinski definition) is 1. The topological polar surface area (TPSA) is 29.1 Å². The molecule has 108 valence electrons. The van der Waals surface area contributed by atoms with E-state index in [2.05, 4.69) is 33.4 Å². The summed E-state index contributed by atoms with van der Waals surface area (Å²) in [4.78, 5) is 12.6. The zero-order chi connectivity index (χ0) is 14.8. The van der Waals surface area contributed by atoms with E-state index in [1.54, 1.807) is 12.1 Å². The molecule has 0 fully saturated rings. The van der Waals surface area contributed by atoms with Crippen LogP contribution in [0.25, 0.3) is 0 Å². The molecule has 1 atom stereocenters. The second-order valence-corrected chi connectivity index (χ2v) is 6.55. The van der Waals surface area contributed by atoms with Crippen LogP contribution in [0, 0.1) is 0 Å². The summed E-state index contributed by atoms with van der Waals surface area (Å²) < 4.78 is 0.837. The van der Waals surface area contributed by atoms with Gasteiger partial charge >= 0.3 is 0 Å². The molecule has 0 bridgehead atoms. The van der Waals surface area contributed by atoms with Gasteiger partial charge in [-0.3, -0.25) is 4.79 Å². The van der Waals surface area contributed by atoms with E-state index < -0.39 is 0 Å². The van der Waals surface area contributed by atoms with Gasteiger partial charge in [-0.1, -0.05) is 35.9 Å². The minimum absolute atomic E-state index is 0.0325.